The van der Waals surface area contributed by atoms with Crippen molar-refractivity contribution in [1.82, 2.24) is 4.90 Å². The van der Waals surface area contributed by atoms with Gasteiger partial charge in [0.2, 0.25) is 0 Å². The van der Waals surface area contributed by atoms with E-state index in [0.29, 0.717) is 6.04 Å². The van der Waals surface area contributed by atoms with Crippen LogP contribution in [0.4, 0.5) is 0 Å². The van der Waals surface area contributed by atoms with Crippen LogP contribution >= 0.6 is 0 Å². The molecule has 1 aliphatic rings. The van der Waals surface area contributed by atoms with Gasteiger partial charge in [0.15, 0.2) is 0 Å². The number of hydrogen-bond acceptors (Lipinski definition) is 2. The molecule has 0 radical (unpaired) electrons. The highest BCUT2D eigenvalue weighted by atomic mass is 15.2. The third-order valence-corrected chi connectivity index (χ3v) is 4.57. The van der Waals surface area contributed by atoms with Gasteiger partial charge in [-0.3, -0.25) is 4.90 Å². The van der Waals surface area contributed by atoms with Crippen LogP contribution in [0.5, 0.6) is 0 Å². The SMILES string of the molecule is CN(C(c1ccccc1)c1ccccc1)C(CN)C1CC1. The summed E-state index contributed by atoms with van der Waals surface area (Å²) in [7, 11) is 2.22. The fourth-order valence-electron chi connectivity index (χ4n) is 3.30. The van der Waals surface area contributed by atoms with Gasteiger partial charge in [-0.1, -0.05) is 60.7 Å². The second-order valence-corrected chi connectivity index (χ2v) is 6.03. The summed E-state index contributed by atoms with van der Waals surface area (Å²) >= 11 is 0. The van der Waals surface area contributed by atoms with E-state index < -0.39 is 0 Å². The molecule has 1 saturated carbocycles. The Morgan fingerprint density at radius 2 is 1.43 bits per heavy atom. The largest absolute Gasteiger partial charge is 0.329 e. The Hall–Kier alpha value is -1.64. The van der Waals surface area contributed by atoms with Gasteiger partial charge in [-0.2, -0.15) is 0 Å². The molecule has 0 heterocycles. The molecule has 2 aromatic rings. The lowest BCUT2D eigenvalue weighted by Gasteiger charge is -2.35. The molecule has 0 aliphatic heterocycles. The van der Waals surface area contributed by atoms with Crippen molar-refractivity contribution < 1.29 is 0 Å². The molecule has 1 fully saturated rings. The van der Waals surface area contributed by atoms with Gasteiger partial charge in [0.1, 0.15) is 0 Å². The first-order chi connectivity index (χ1) is 10.3. The van der Waals surface area contributed by atoms with E-state index in [-0.39, 0.29) is 6.04 Å². The molecule has 1 atom stereocenters. The molecule has 21 heavy (non-hydrogen) atoms. The van der Waals surface area contributed by atoms with E-state index in [9.17, 15) is 0 Å². The van der Waals surface area contributed by atoms with Crippen molar-refractivity contribution >= 4 is 0 Å². The second kappa shape index (κ2) is 6.42. The molecule has 2 nitrogen and oxygen atoms in total. The van der Waals surface area contributed by atoms with Gasteiger partial charge in [0.25, 0.3) is 0 Å². The molecular formula is C19H24N2. The van der Waals surface area contributed by atoms with Crippen LogP contribution in [0.1, 0.15) is 30.0 Å². The maximum atomic E-state index is 6.07. The summed E-state index contributed by atoms with van der Waals surface area (Å²) in [5.74, 6) is 0.773. The van der Waals surface area contributed by atoms with Crippen LogP contribution in [0.25, 0.3) is 0 Å². The van der Waals surface area contributed by atoms with Crippen LogP contribution in [0.3, 0.4) is 0 Å². The lowest BCUT2D eigenvalue weighted by molar-refractivity contribution is 0.182. The number of likely N-dealkylation sites (N-methyl/N-ethyl adjacent to an activating group) is 1. The molecule has 1 aliphatic carbocycles. The predicted octanol–water partition coefficient (Wildman–Crippen LogP) is 3.45. The fraction of sp³-hybridized carbons (Fsp3) is 0.368. The first-order valence-corrected chi connectivity index (χ1v) is 7.83. The summed E-state index contributed by atoms with van der Waals surface area (Å²) in [6.07, 6.45) is 2.64. The number of nitrogens with zero attached hydrogens (tertiary/aromatic N) is 1. The Morgan fingerprint density at radius 1 is 0.952 bits per heavy atom. The molecule has 0 saturated heterocycles. The molecule has 0 amide bonds. The van der Waals surface area contributed by atoms with Gasteiger partial charge in [-0.25, -0.2) is 0 Å². The van der Waals surface area contributed by atoms with Crippen LogP contribution in [0, 0.1) is 5.92 Å². The molecule has 0 aromatic heterocycles. The van der Waals surface area contributed by atoms with Crippen molar-refractivity contribution in [2.45, 2.75) is 24.9 Å². The first-order valence-electron chi connectivity index (χ1n) is 7.83. The summed E-state index contributed by atoms with van der Waals surface area (Å²) in [6.45, 7) is 0.733. The van der Waals surface area contributed by atoms with Crippen LogP contribution in [-0.2, 0) is 0 Å². The summed E-state index contributed by atoms with van der Waals surface area (Å²) in [5, 5.41) is 0. The third kappa shape index (κ3) is 3.17. The van der Waals surface area contributed by atoms with Crippen LogP contribution in [-0.4, -0.2) is 24.5 Å². The molecule has 3 rings (SSSR count). The number of rotatable bonds is 6. The van der Waals surface area contributed by atoms with E-state index in [1.165, 1.54) is 24.0 Å². The fourth-order valence-corrected chi connectivity index (χ4v) is 3.30. The van der Waals surface area contributed by atoms with Crippen molar-refractivity contribution in [2.75, 3.05) is 13.6 Å². The second-order valence-electron chi connectivity index (χ2n) is 6.03. The first kappa shape index (κ1) is 14.3. The number of benzene rings is 2. The predicted molar refractivity (Wildman–Crippen MR) is 88.1 cm³/mol. The standard InChI is InChI=1S/C19H24N2/c1-21(18(14-20)15-12-13-15)19(16-8-4-2-5-9-16)17-10-6-3-7-11-17/h2-11,15,18-19H,12-14,20H2,1H3. The highest BCUT2D eigenvalue weighted by Gasteiger charge is 2.36. The van der Waals surface area contributed by atoms with Crippen LogP contribution < -0.4 is 5.73 Å². The highest BCUT2D eigenvalue weighted by molar-refractivity contribution is 5.32. The Labute approximate surface area is 127 Å². The van der Waals surface area contributed by atoms with E-state index in [1.54, 1.807) is 0 Å². The smallest absolute Gasteiger partial charge is 0.0602 e. The molecule has 2 aromatic carbocycles. The third-order valence-electron chi connectivity index (χ3n) is 4.57. The van der Waals surface area contributed by atoms with Crippen LogP contribution in [0.2, 0.25) is 0 Å². The lowest BCUT2D eigenvalue weighted by atomic mass is 9.95. The average Bonchev–Trinajstić information content (AvgIpc) is 3.35. The minimum absolute atomic E-state index is 0.279. The minimum atomic E-state index is 0.279. The summed E-state index contributed by atoms with van der Waals surface area (Å²) in [5.41, 5.74) is 8.74. The van der Waals surface area contributed by atoms with E-state index in [4.69, 9.17) is 5.73 Å². The zero-order valence-corrected chi connectivity index (χ0v) is 12.7. The van der Waals surface area contributed by atoms with E-state index in [2.05, 4.69) is 72.6 Å². The molecule has 2 N–H and O–H groups in total. The summed E-state index contributed by atoms with van der Waals surface area (Å²) in [6, 6.07) is 22.2. The van der Waals surface area contributed by atoms with Crippen molar-refractivity contribution in [3.05, 3.63) is 71.8 Å². The monoisotopic (exact) mass is 280 g/mol. The summed E-state index contributed by atoms with van der Waals surface area (Å²) < 4.78 is 0. The topological polar surface area (TPSA) is 29.3 Å². The van der Waals surface area contributed by atoms with Gasteiger partial charge in [0, 0.05) is 12.6 Å². The van der Waals surface area contributed by atoms with Gasteiger partial charge in [-0.15, -0.1) is 0 Å². The van der Waals surface area contributed by atoms with Crippen molar-refractivity contribution in [2.24, 2.45) is 11.7 Å². The van der Waals surface area contributed by atoms with Crippen molar-refractivity contribution in [1.29, 1.82) is 0 Å². The average molecular weight is 280 g/mol. The maximum absolute atomic E-state index is 6.07. The number of nitrogens with two attached hydrogens (primary N) is 1. The van der Waals surface area contributed by atoms with Gasteiger partial charge in [-0.05, 0) is 36.9 Å². The Morgan fingerprint density at radius 3 is 1.81 bits per heavy atom. The quantitative estimate of drug-likeness (QED) is 0.878. The van der Waals surface area contributed by atoms with Gasteiger partial charge < -0.3 is 5.73 Å². The summed E-state index contributed by atoms with van der Waals surface area (Å²) in [4.78, 5) is 2.47. The van der Waals surface area contributed by atoms with Crippen LogP contribution in [0.15, 0.2) is 60.7 Å². The molecule has 110 valence electrons. The van der Waals surface area contributed by atoms with Crippen molar-refractivity contribution in [3.63, 3.8) is 0 Å². The Kier molecular flexibility index (Phi) is 4.37. The van der Waals surface area contributed by atoms with E-state index in [0.717, 1.165) is 12.5 Å². The van der Waals surface area contributed by atoms with Gasteiger partial charge in [0.05, 0.1) is 6.04 Å². The Balaban J connectivity index is 1.96. The van der Waals surface area contributed by atoms with Gasteiger partial charge >= 0.3 is 0 Å². The molecule has 0 bridgehead atoms. The lowest BCUT2D eigenvalue weighted by Crippen LogP contribution is -2.42. The van der Waals surface area contributed by atoms with E-state index >= 15 is 0 Å². The normalized spacial score (nSPS) is 16.4. The molecule has 1 unspecified atom stereocenters. The van der Waals surface area contributed by atoms with E-state index in [1.807, 2.05) is 0 Å². The zero-order valence-electron chi connectivity index (χ0n) is 12.7. The zero-order chi connectivity index (χ0) is 14.7. The molecular weight excluding hydrogens is 256 g/mol. The Bertz CT molecular complexity index is 509. The molecule has 0 spiro atoms. The number of hydrogen-bond donors (Lipinski definition) is 1. The minimum Gasteiger partial charge on any atom is -0.329 e. The molecule has 2 heteroatoms. The van der Waals surface area contributed by atoms with Crippen molar-refractivity contribution in [3.8, 4) is 0 Å². The highest BCUT2D eigenvalue weighted by Crippen LogP contribution is 2.39. The maximum Gasteiger partial charge on any atom is 0.0602 e.